The van der Waals surface area contributed by atoms with Crippen molar-refractivity contribution in [3.8, 4) is 17.2 Å². The molecule has 164 valence electrons. The number of urea groups is 1. The maximum Gasteiger partial charge on any atom is 0.320 e. The van der Waals surface area contributed by atoms with Gasteiger partial charge < -0.3 is 14.8 Å². The monoisotopic (exact) mass is 445 g/mol. The van der Waals surface area contributed by atoms with Crippen LogP contribution in [0.1, 0.15) is 11.5 Å². The van der Waals surface area contributed by atoms with Gasteiger partial charge >= 0.3 is 6.03 Å². The number of benzene rings is 2. The molecule has 2 amide bonds. The van der Waals surface area contributed by atoms with Gasteiger partial charge in [0.1, 0.15) is 17.4 Å². The Balaban J connectivity index is 1.21. The van der Waals surface area contributed by atoms with Crippen molar-refractivity contribution in [1.29, 1.82) is 0 Å². The summed E-state index contributed by atoms with van der Waals surface area (Å²) >= 11 is 0. The summed E-state index contributed by atoms with van der Waals surface area (Å²) in [7, 11) is 0. The summed E-state index contributed by atoms with van der Waals surface area (Å²) < 4.78 is 65.6. The number of hydrogen-bond acceptors (Lipinski definition) is 4. The minimum atomic E-state index is -1.12. The molecule has 2 N–H and O–H groups in total. The fraction of sp³-hybridized carbons (Fsp3) is 0.182. The summed E-state index contributed by atoms with van der Waals surface area (Å²) in [6.45, 7) is 0.171. The van der Waals surface area contributed by atoms with Crippen LogP contribution < -0.4 is 20.1 Å². The zero-order valence-corrected chi connectivity index (χ0v) is 16.2. The first-order valence-corrected chi connectivity index (χ1v) is 9.68. The van der Waals surface area contributed by atoms with Gasteiger partial charge in [-0.15, -0.1) is 0 Å². The first kappa shape index (κ1) is 20.1. The highest BCUT2D eigenvalue weighted by Crippen LogP contribution is 2.55. The van der Waals surface area contributed by atoms with E-state index < -0.39 is 35.3 Å². The van der Waals surface area contributed by atoms with Crippen molar-refractivity contribution in [2.45, 2.75) is 12.0 Å². The number of aromatic nitrogens is 1. The third kappa shape index (κ3) is 3.57. The molecule has 3 atom stereocenters. The van der Waals surface area contributed by atoms with E-state index in [1.807, 2.05) is 0 Å². The predicted octanol–water partition coefficient (Wildman–Crippen LogP) is 4.73. The Bertz CT molecular complexity index is 1210. The number of nitrogens with zero attached hydrogens (tertiary/aromatic N) is 1. The quantitative estimate of drug-likeness (QED) is 0.570. The summed E-state index contributed by atoms with van der Waals surface area (Å²) in [5, 5.41) is 5.24. The van der Waals surface area contributed by atoms with E-state index in [2.05, 4.69) is 15.6 Å². The lowest BCUT2D eigenvalue weighted by Crippen LogP contribution is -2.32. The zero-order chi connectivity index (χ0) is 22.4. The van der Waals surface area contributed by atoms with Crippen LogP contribution in [0, 0.1) is 29.2 Å². The number of halogens is 4. The molecule has 1 unspecified atom stereocenters. The Morgan fingerprint density at radius 1 is 1.03 bits per heavy atom. The Morgan fingerprint density at radius 2 is 1.84 bits per heavy atom. The number of pyridine rings is 1. The van der Waals surface area contributed by atoms with Crippen LogP contribution in [0.3, 0.4) is 0 Å². The smallest absolute Gasteiger partial charge is 0.320 e. The minimum absolute atomic E-state index is 0.108. The van der Waals surface area contributed by atoms with Gasteiger partial charge in [0.15, 0.2) is 23.1 Å². The van der Waals surface area contributed by atoms with Crippen LogP contribution in [-0.4, -0.2) is 23.7 Å². The summed E-state index contributed by atoms with van der Waals surface area (Å²) in [5.41, 5.74) is 0.135. The Morgan fingerprint density at radius 3 is 2.62 bits per heavy atom. The third-order valence-electron chi connectivity index (χ3n) is 5.44. The van der Waals surface area contributed by atoms with E-state index in [1.54, 1.807) is 0 Å². The number of amides is 2. The van der Waals surface area contributed by atoms with E-state index in [4.69, 9.17) is 9.47 Å². The summed E-state index contributed by atoms with van der Waals surface area (Å²) in [5.74, 6) is -4.00. The first-order chi connectivity index (χ1) is 15.4. The van der Waals surface area contributed by atoms with Crippen molar-refractivity contribution in [3.63, 3.8) is 0 Å². The number of hydrogen-bond donors (Lipinski definition) is 2. The molecule has 3 aromatic rings. The molecule has 1 aromatic heterocycles. The van der Waals surface area contributed by atoms with Crippen LogP contribution in [0.5, 0.6) is 17.2 Å². The highest BCUT2D eigenvalue weighted by Gasteiger charge is 2.57. The molecular formula is C22H15F4N3O3. The molecule has 6 nitrogen and oxygen atoms in total. The highest BCUT2D eigenvalue weighted by molar-refractivity contribution is 5.89. The Kier molecular flexibility index (Phi) is 4.84. The lowest BCUT2D eigenvalue weighted by molar-refractivity contribution is 0.247. The average molecular weight is 445 g/mol. The second-order valence-corrected chi connectivity index (χ2v) is 7.43. The van der Waals surface area contributed by atoms with Gasteiger partial charge in [0.05, 0.1) is 12.8 Å². The number of fused-ring (bicyclic) bond motifs is 3. The lowest BCUT2D eigenvalue weighted by Gasteiger charge is -2.16. The molecule has 32 heavy (non-hydrogen) atoms. The summed E-state index contributed by atoms with van der Waals surface area (Å²) in [6, 6.07) is 7.44. The molecule has 2 aromatic carbocycles. The van der Waals surface area contributed by atoms with Gasteiger partial charge in [-0.25, -0.2) is 22.9 Å². The van der Waals surface area contributed by atoms with Gasteiger partial charge in [-0.1, -0.05) is 6.07 Å². The van der Waals surface area contributed by atoms with Crippen molar-refractivity contribution in [2.75, 3.05) is 11.9 Å². The molecule has 1 fully saturated rings. The largest absolute Gasteiger partial charge is 0.490 e. The van der Waals surface area contributed by atoms with Gasteiger partial charge in [-0.2, -0.15) is 4.39 Å². The fourth-order valence-corrected chi connectivity index (χ4v) is 3.87. The van der Waals surface area contributed by atoms with Crippen molar-refractivity contribution in [2.24, 2.45) is 5.92 Å². The molecule has 0 spiro atoms. The predicted molar refractivity (Wildman–Crippen MR) is 105 cm³/mol. The number of rotatable bonds is 4. The number of nitrogens with one attached hydrogen (secondary N) is 2. The minimum Gasteiger partial charge on any atom is -0.490 e. The lowest BCUT2D eigenvalue weighted by atomic mass is 10.0. The maximum absolute atomic E-state index is 14.2. The number of ether oxygens (including phenoxy) is 2. The fourth-order valence-electron chi connectivity index (χ4n) is 3.87. The van der Waals surface area contributed by atoms with Crippen molar-refractivity contribution in [1.82, 2.24) is 10.3 Å². The number of carbonyl (C=O) groups excluding carboxylic acids is 1. The molecule has 2 aliphatic rings. The van der Waals surface area contributed by atoms with Gasteiger partial charge in [-0.05, 0) is 36.4 Å². The molecular weight excluding hydrogens is 430 g/mol. The standard InChI is InChI=1S/C22H15F4N3O3/c23-12-5-6-14(25)21-18(12)17-11(9-31-21)20(17)29-22(30)28-16-7-4-10(8-27-16)32-15-3-1-2-13(24)19(15)26/h1-8,11,17,20H,9H2,(H2,27,28,29,30)/t11-,17-,20?/m0/s1. The van der Waals surface area contributed by atoms with E-state index in [1.165, 1.54) is 30.5 Å². The van der Waals surface area contributed by atoms with Crippen LogP contribution in [0.25, 0.3) is 0 Å². The average Bonchev–Trinajstić information content (AvgIpc) is 3.47. The van der Waals surface area contributed by atoms with E-state index >= 15 is 0 Å². The van der Waals surface area contributed by atoms with Crippen LogP contribution in [0.15, 0.2) is 48.7 Å². The van der Waals surface area contributed by atoms with Crippen molar-refractivity contribution < 1.29 is 31.8 Å². The zero-order valence-electron chi connectivity index (χ0n) is 16.2. The molecule has 0 radical (unpaired) electrons. The number of anilines is 1. The van der Waals surface area contributed by atoms with E-state index in [0.717, 1.165) is 18.2 Å². The SMILES string of the molecule is O=C(Nc1ccc(Oc2cccc(F)c2F)cn1)NC1[C@H]2COc3c(F)ccc(F)c3[C@@H]12. The van der Waals surface area contributed by atoms with E-state index in [-0.39, 0.29) is 47.1 Å². The second-order valence-electron chi connectivity index (χ2n) is 7.43. The number of carbonyl (C=O) groups is 1. The normalized spacial score (nSPS) is 20.4. The van der Waals surface area contributed by atoms with E-state index in [0.29, 0.717) is 0 Å². The first-order valence-electron chi connectivity index (χ1n) is 9.68. The molecule has 5 rings (SSSR count). The van der Waals surface area contributed by atoms with Crippen LogP contribution in [0.4, 0.5) is 28.2 Å². The van der Waals surface area contributed by atoms with Crippen LogP contribution >= 0.6 is 0 Å². The van der Waals surface area contributed by atoms with Gasteiger partial charge in [0, 0.05) is 23.4 Å². The third-order valence-corrected chi connectivity index (χ3v) is 5.44. The molecule has 1 aliphatic carbocycles. The van der Waals surface area contributed by atoms with Crippen molar-refractivity contribution in [3.05, 3.63) is 77.5 Å². The molecule has 1 saturated carbocycles. The van der Waals surface area contributed by atoms with Gasteiger partial charge in [0.2, 0.25) is 5.82 Å². The highest BCUT2D eigenvalue weighted by atomic mass is 19.2. The van der Waals surface area contributed by atoms with Gasteiger partial charge in [-0.3, -0.25) is 5.32 Å². The summed E-state index contributed by atoms with van der Waals surface area (Å²) in [6.07, 6.45) is 1.24. The van der Waals surface area contributed by atoms with Crippen LogP contribution in [-0.2, 0) is 0 Å². The van der Waals surface area contributed by atoms with E-state index in [9.17, 15) is 22.4 Å². The topological polar surface area (TPSA) is 72.5 Å². The second kappa shape index (κ2) is 7.70. The maximum atomic E-state index is 14.2. The molecule has 0 saturated heterocycles. The molecule has 0 bridgehead atoms. The Hall–Kier alpha value is -3.82. The van der Waals surface area contributed by atoms with Crippen molar-refractivity contribution >= 4 is 11.8 Å². The molecule has 10 heteroatoms. The van der Waals surface area contributed by atoms with Gasteiger partial charge in [0.25, 0.3) is 0 Å². The Labute approximate surface area is 179 Å². The van der Waals surface area contributed by atoms with Crippen LogP contribution in [0.2, 0.25) is 0 Å². The summed E-state index contributed by atoms with van der Waals surface area (Å²) in [4.78, 5) is 16.3. The molecule has 2 heterocycles. The molecule has 1 aliphatic heterocycles.